The van der Waals surface area contributed by atoms with E-state index in [1.165, 1.54) is 0 Å². The monoisotopic (exact) mass is 362 g/mol. The Morgan fingerprint density at radius 1 is 1.40 bits per heavy atom. The SMILES string of the molecule is CCOC(=O)/C(=C\c1ccc(-n2cnc(C)c2)c(OC)c1)CCCCl. The number of hydrogen-bond acceptors (Lipinski definition) is 4. The summed E-state index contributed by atoms with van der Waals surface area (Å²) in [7, 11) is 1.62. The van der Waals surface area contributed by atoms with Crippen LogP contribution in [0.1, 0.15) is 31.0 Å². The number of ether oxygens (including phenoxy) is 2. The first kappa shape index (κ1) is 19.1. The summed E-state index contributed by atoms with van der Waals surface area (Å²) >= 11 is 5.76. The molecule has 0 atom stereocenters. The van der Waals surface area contributed by atoms with Crippen molar-refractivity contribution < 1.29 is 14.3 Å². The lowest BCUT2D eigenvalue weighted by Gasteiger charge is -2.11. The standard InChI is InChI=1S/C19H23ClN2O3/c1-4-25-19(23)16(6-5-9-20)10-15-7-8-17(18(11-15)24-3)22-12-14(2)21-13-22/h7-8,10-13H,4-6,9H2,1-3H3/b16-10-. The molecule has 2 aromatic rings. The maximum atomic E-state index is 12.1. The Hall–Kier alpha value is -2.27. The molecule has 0 aliphatic rings. The molecule has 25 heavy (non-hydrogen) atoms. The van der Waals surface area contributed by atoms with Gasteiger partial charge in [0.25, 0.3) is 0 Å². The normalized spacial score (nSPS) is 11.4. The van der Waals surface area contributed by atoms with Crippen molar-refractivity contribution >= 4 is 23.6 Å². The van der Waals surface area contributed by atoms with Gasteiger partial charge >= 0.3 is 5.97 Å². The highest BCUT2D eigenvalue weighted by Gasteiger charge is 2.12. The van der Waals surface area contributed by atoms with Crippen molar-refractivity contribution in [2.75, 3.05) is 19.6 Å². The second kappa shape index (κ2) is 9.28. The van der Waals surface area contributed by atoms with Crippen LogP contribution in [0.15, 0.2) is 36.3 Å². The second-order valence-corrected chi connectivity index (χ2v) is 5.91. The van der Waals surface area contributed by atoms with Crippen molar-refractivity contribution in [2.45, 2.75) is 26.7 Å². The van der Waals surface area contributed by atoms with Gasteiger partial charge in [-0.15, -0.1) is 11.6 Å². The van der Waals surface area contributed by atoms with E-state index in [4.69, 9.17) is 21.1 Å². The number of methoxy groups -OCH3 is 1. The van der Waals surface area contributed by atoms with Crippen molar-refractivity contribution in [3.05, 3.63) is 47.6 Å². The Bertz CT molecular complexity index is 753. The molecular formula is C19H23ClN2O3. The number of rotatable bonds is 8. The van der Waals surface area contributed by atoms with Crippen molar-refractivity contribution in [3.8, 4) is 11.4 Å². The van der Waals surface area contributed by atoms with Crippen LogP contribution >= 0.6 is 11.6 Å². The Labute approximate surface area is 153 Å². The van der Waals surface area contributed by atoms with Crippen LogP contribution in [0.4, 0.5) is 0 Å². The average molecular weight is 363 g/mol. The van der Waals surface area contributed by atoms with Crippen LogP contribution in [0.25, 0.3) is 11.8 Å². The molecule has 2 rings (SSSR count). The zero-order valence-corrected chi connectivity index (χ0v) is 15.5. The number of aromatic nitrogens is 2. The maximum absolute atomic E-state index is 12.1. The van der Waals surface area contributed by atoms with Gasteiger partial charge in [-0.05, 0) is 50.5 Å². The van der Waals surface area contributed by atoms with E-state index in [1.807, 2.05) is 42.0 Å². The predicted octanol–water partition coefficient (Wildman–Crippen LogP) is 4.15. The fraction of sp³-hybridized carbons (Fsp3) is 0.368. The molecule has 0 aliphatic heterocycles. The van der Waals surface area contributed by atoms with E-state index in [0.717, 1.165) is 23.4 Å². The Morgan fingerprint density at radius 3 is 2.80 bits per heavy atom. The van der Waals surface area contributed by atoms with Gasteiger partial charge in [0.1, 0.15) is 5.75 Å². The third kappa shape index (κ3) is 5.10. The number of nitrogens with zero attached hydrogens (tertiary/aromatic N) is 2. The molecular weight excluding hydrogens is 340 g/mol. The van der Waals surface area contributed by atoms with Crippen LogP contribution in [0.2, 0.25) is 0 Å². The molecule has 0 N–H and O–H groups in total. The van der Waals surface area contributed by atoms with Crippen LogP contribution in [0.3, 0.4) is 0 Å². The molecule has 0 fully saturated rings. The fourth-order valence-electron chi connectivity index (χ4n) is 2.47. The summed E-state index contributed by atoms with van der Waals surface area (Å²) in [5, 5.41) is 0. The first-order chi connectivity index (χ1) is 12.1. The first-order valence-corrected chi connectivity index (χ1v) is 8.75. The second-order valence-electron chi connectivity index (χ2n) is 5.54. The van der Waals surface area contributed by atoms with E-state index in [1.54, 1.807) is 20.4 Å². The molecule has 1 aromatic carbocycles. The number of halogens is 1. The highest BCUT2D eigenvalue weighted by molar-refractivity contribution is 6.17. The highest BCUT2D eigenvalue weighted by Crippen LogP contribution is 2.26. The Morgan fingerprint density at radius 2 is 2.20 bits per heavy atom. The lowest BCUT2D eigenvalue weighted by atomic mass is 10.1. The summed E-state index contributed by atoms with van der Waals surface area (Å²) in [6, 6.07) is 5.77. The molecule has 5 nitrogen and oxygen atoms in total. The van der Waals surface area contributed by atoms with Gasteiger partial charge in [0.05, 0.1) is 31.4 Å². The third-order valence-electron chi connectivity index (χ3n) is 3.65. The number of benzene rings is 1. The number of carbonyl (C=O) groups excluding carboxylic acids is 1. The number of aryl methyl sites for hydroxylation is 1. The topological polar surface area (TPSA) is 53.4 Å². The van der Waals surface area contributed by atoms with Gasteiger partial charge in [-0.25, -0.2) is 9.78 Å². The van der Waals surface area contributed by atoms with Gasteiger partial charge in [0.15, 0.2) is 0 Å². The van der Waals surface area contributed by atoms with Gasteiger partial charge in [-0.3, -0.25) is 0 Å². The maximum Gasteiger partial charge on any atom is 0.334 e. The zero-order valence-electron chi connectivity index (χ0n) is 14.8. The first-order valence-electron chi connectivity index (χ1n) is 8.21. The molecule has 0 spiro atoms. The number of carbonyl (C=O) groups is 1. The minimum Gasteiger partial charge on any atom is -0.495 e. The van der Waals surface area contributed by atoms with Gasteiger partial charge in [-0.1, -0.05) is 6.07 Å². The molecule has 0 saturated carbocycles. The Balaban J connectivity index is 2.35. The van der Waals surface area contributed by atoms with Gasteiger partial charge in [0.2, 0.25) is 0 Å². The molecule has 134 valence electrons. The van der Waals surface area contributed by atoms with Crippen molar-refractivity contribution in [3.63, 3.8) is 0 Å². The van der Waals surface area contributed by atoms with Crippen molar-refractivity contribution in [1.29, 1.82) is 0 Å². The molecule has 1 aromatic heterocycles. The van der Waals surface area contributed by atoms with Crippen LogP contribution in [-0.2, 0) is 9.53 Å². The minimum atomic E-state index is -0.305. The van der Waals surface area contributed by atoms with E-state index in [-0.39, 0.29) is 5.97 Å². The number of esters is 1. The Kier molecular flexibility index (Phi) is 7.07. The van der Waals surface area contributed by atoms with E-state index in [9.17, 15) is 4.79 Å². The van der Waals surface area contributed by atoms with Crippen molar-refractivity contribution in [1.82, 2.24) is 9.55 Å². The van der Waals surface area contributed by atoms with E-state index < -0.39 is 0 Å². The fourth-order valence-corrected chi connectivity index (χ4v) is 2.60. The quantitative estimate of drug-likeness (QED) is 0.402. The highest BCUT2D eigenvalue weighted by atomic mass is 35.5. The number of alkyl halides is 1. The molecule has 0 unspecified atom stereocenters. The molecule has 0 saturated heterocycles. The van der Waals surface area contributed by atoms with Crippen LogP contribution in [0, 0.1) is 6.92 Å². The molecule has 0 radical (unpaired) electrons. The molecule has 0 amide bonds. The van der Waals surface area contributed by atoms with Crippen molar-refractivity contribution in [2.24, 2.45) is 0 Å². The molecule has 0 bridgehead atoms. The lowest BCUT2D eigenvalue weighted by molar-refractivity contribution is -0.138. The summed E-state index contributed by atoms with van der Waals surface area (Å²) in [6.45, 7) is 4.07. The van der Waals surface area contributed by atoms with Gasteiger partial charge in [0, 0.05) is 17.6 Å². The summed E-state index contributed by atoms with van der Waals surface area (Å²) in [5.41, 5.74) is 3.29. The molecule has 1 heterocycles. The largest absolute Gasteiger partial charge is 0.495 e. The van der Waals surface area contributed by atoms with Crippen LogP contribution in [-0.4, -0.2) is 35.1 Å². The smallest absolute Gasteiger partial charge is 0.334 e. The number of hydrogen-bond donors (Lipinski definition) is 0. The molecule has 6 heteroatoms. The third-order valence-corrected chi connectivity index (χ3v) is 3.92. The average Bonchev–Trinajstić information content (AvgIpc) is 3.04. The van der Waals surface area contributed by atoms with Gasteiger partial charge in [-0.2, -0.15) is 0 Å². The minimum absolute atomic E-state index is 0.305. The van der Waals surface area contributed by atoms with Crippen LogP contribution < -0.4 is 4.74 Å². The van der Waals surface area contributed by atoms with E-state index in [2.05, 4.69) is 4.98 Å². The lowest BCUT2D eigenvalue weighted by Crippen LogP contribution is -2.08. The summed E-state index contributed by atoms with van der Waals surface area (Å²) < 4.78 is 12.5. The summed E-state index contributed by atoms with van der Waals surface area (Å²) in [5.74, 6) is 0.895. The van der Waals surface area contributed by atoms with Crippen LogP contribution in [0.5, 0.6) is 5.75 Å². The number of imidazole rings is 1. The van der Waals surface area contributed by atoms with E-state index in [0.29, 0.717) is 30.2 Å². The van der Waals surface area contributed by atoms with E-state index >= 15 is 0 Å². The summed E-state index contributed by atoms with van der Waals surface area (Å²) in [6.07, 6.45) is 6.80. The summed E-state index contributed by atoms with van der Waals surface area (Å²) in [4.78, 5) is 16.4. The van der Waals surface area contributed by atoms with Gasteiger partial charge < -0.3 is 14.0 Å². The predicted molar refractivity (Wildman–Crippen MR) is 99.4 cm³/mol. The molecule has 0 aliphatic carbocycles. The zero-order chi connectivity index (χ0) is 18.2.